The lowest BCUT2D eigenvalue weighted by Gasteiger charge is -2.14. The molecule has 0 saturated carbocycles. The number of aromatic amines is 1. The number of aryl methyl sites for hydroxylation is 1. The van der Waals surface area contributed by atoms with Gasteiger partial charge in [0, 0.05) is 22.2 Å². The molecule has 1 unspecified atom stereocenters. The van der Waals surface area contributed by atoms with Gasteiger partial charge in [0.2, 0.25) is 15.8 Å². The van der Waals surface area contributed by atoms with Crippen molar-refractivity contribution >= 4 is 32.7 Å². The van der Waals surface area contributed by atoms with Crippen molar-refractivity contribution in [2.45, 2.75) is 24.8 Å². The number of aromatic nitrogens is 1. The first-order valence-electron chi connectivity index (χ1n) is 8.74. The molecule has 0 radical (unpaired) electrons. The minimum absolute atomic E-state index is 0.410. The maximum atomic E-state index is 13.7. The summed E-state index contributed by atoms with van der Waals surface area (Å²) in [6.45, 7) is 2.44. The van der Waals surface area contributed by atoms with Crippen LogP contribution in [0.4, 0.5) is 4.39 Å². The number of fused-ring (bicyclic) bond motifs is 1. The molecule has 0 spiro atoms. The molecule has 1 heterocycles. The third kappa shape index (κ3) is 4.36. The van der Waals surface area contributed by atoms with Crippen molar-refractivity contribution in [3.63, 3.8) is 0 Å². The largest absolute Gasteiger partial charge is 0.456 e. The normalized spacial score (nSPS) is 12.7. The fourth-order valence-electron chi connectivity index (χ4n) is 2.98. The molecule has 0 amide bonds. The number of Topliss-reactive ketones (excluding diaryl/α,β-unsaturated/α-hetero) is 1. The van der Waals surface area contributed by atoms with E-state index in [1.54, 1.807) is 19.1 Å². The van der Waals surface area contributed by atoms with Crippen molar-refractivity contribution in [3.05, 3.63) is 65.6 Å². The fourth-order valence-corrected chi connectivity index (χ4v) is 4.25. The minimum Gasteiger partial charge on any atom is -0.456 e. The number of H-pyrrole nitrogens is 1. The zero-order chi connectivity index (χ0) is 21.2. The summed E-state index contributed by atoms with van der Waals surface area (Å²) in [6.07, 6.45) is 0. The molecule has 3 aromatic rings. The van der Waals surface area contributed by atoms with Gasteiger partial charge in [0.1, 0.15) is 16.8 Å². The summed E-state index contributed by atoms with van der Waals surface area (Å²) in [4.78, 5) is 27.2. The SMILES string of the molecule is Cc1[nH]c2ccccc2c1C(=O)COC(=O)C(C)NS(=O)(=O)c1ccccc1F. The molecule has 0 saturated heterocycles. The second-order valence-electron chi connectivity index (χ2n) is 6.47. The van der Waals surface area contributed by atoms with Crippen LogP contribution in [-0.2, 0) is 19.6 Å². The van der Waals surface area contributed by atoms with E-state index in [2.05, 4.69) is 9.71 Å². The highest BCUT2D eigenvalue weighted by atomic mass is 32.2. The van der Waals surface area contributed by atoms with E-state index in [1.807, 2.05) is 12.1 Å². The zero-order valence-electron chi connectivity index (χ0n) is 15.7. The molecule has 2 N–H and O–H groups in total. The number of carbonyl (C=O) groups excluding carboxylic acids is 2. The predicted octanol–water partition coefficient (Wildman–Crippen LogP) is 2.71. The maximum absolute atomic E-state index is 13.7. The number of para-hydroxylation sites is 1. The van der Waals surface area contributed by atoms with Gasteiger partial charge in [-0.05, 0) is 32.0 Å². The maximum Gasteiger partial charge on any atom is 0.324 e. The van der Waals surface area contributed by atoms with Crippen molar-refractivity contribution in [2.75, 3.05) is 6.61 Å². The van der Waals surface area contributed by atoms with E-state index >= 15 is 0 Å². The highest BCUT2D eigenvalue weighted by molar-refractivity contribution is 7.89. The number of halogens is 1. The van der Waals surface area contributed by atoms with Crippen molar-refractivity contribution in [1.82, 2.24) is 9.71 Å². The number of carbonyl (C=O) groups is 2. The number of hydrogen-bond acceptors (Lipinski definition) is 5. The lowest BCUT2D eigenvalue weighted by atomic mass is 10.1. The fraction of sp³-hybridized carbons (Fsp3) is 0.200. The van der Waals surface area contributed by atoms with Crippen molar-refractivity contribution in [2.24, 2.45) is 0 Å². The van der Waals surface area contributed by atoms with Crippen LogP contribution >= 0.6 is 0 Å². The molecular formula is C20H19FN2O5S. The smallest absolute Gasteiger partial charge is 0.324 e. The molecule has 152 valence electrons. The molecule has 0 aliphatic carbocycles. The predicted molar refractivity (Wildman–Crippen MR) is 105 cm³/mol. The highest BCUT2D eigenvalue weighted by Crippen LogP contribution is 2.22. The van der Waals surface area contributed by atoms with Crippen LogP contribution in [0.15, 0.2) is 53.4 Å². The molecule has 9 heteroatoms. The van der Waals surface area contributed by atoms with Gasteiger partial charge in [-0.1, -0.05) is 30.3 Å². The Morgan fingerprint density at radius 1 is 1.14 bits per heavy atom. The molecule has 3 rings (SSSR count). The van der Waals surface area contributed by atoms with Crippen LogP contribution in [0.25, 0.3) is 10.9 Å². The van der Waals surface area contributed by atoms with Crippen LogP contribution in [0, 0.1) is 12.7 Å². The van der Waals surface area contributed by atoms with Crippen molar-refractivity contribution in [1.29, 1.82) is 0 Å². The number of hydrogen-bond donors (Lipinski definition) is 2. The zero-order valence-corrected chi connectivity index (χ0v) is 16.5. The van der Waals surface area contributed by atoms with E-state index in [1.165, 1.54) is 19.1 Å². The molecule has 29 heavy (non-hydrogen) atoms. The minimum atomic E-state index is -4.27. The van der Waals surface area contributed by atoms with Gasteiger partial charge in [-0.15, -0.1) is 0 Å². The lowest BCUT2D eigenvalue weighted by Crippen LogP contribution is -2.40. The number of rotatable bonds is 7. The average Bonchev–Trinajstić information content (AvgIpc) is 3.01. The molecule has 0 aliphatic heterocycles. The standard InChI is InChI=1S/C20H19FN2O5S/c1-12-19(14-7-3-5-9-16(14)22-12)17(24)11-28-20(25)13(2)23-29(26,27)18-10-6-4-8-15(18)21/h3-10,13,22-23H,11H2,1-2H3. The summed E-state index contributed by atoms with van der Waals surface area (Å²) in [5.74, 6) is -2.31. The van der Waals surface area contributed by atoms with E-state index in [0.717, 1.165) is 17.6 Å². The second-order valence-corrected chi connectivity index (χ2v) is 8.16. The van der Waals surface area contributed by atoms with Gasteiger partial charge < -0.3 is 9.72 Å². The highest BCUT2D eigenvalue weighted by Gasteiger charge is 2.26. The number of nitrogens with one attached hydrogen (secondary N) is 2. The van der Waals surface area contributed by atoms with Crippen molar-refractivity contribution < 1.29 is 27.1 Å². The van der Waals surface area contributed by atoms with Crippen LogP contribution in [0.3, 0.4) is 0 Å². The van der Waals surface area contributed by atoms with E-state index < -0.39 is 45.1 Å². The van der Waals surface area contributed by atoms with Crippen LogP contribution in [0.5, 0.6) is 0 Å². The number of benzene rings is 2. The first-order chi connectivity index (χ1) is 13.7. The van der Waals surface area contributed by atoms with E-state index in [9.17, 15) is 22.4 Å². The van der Waals surface area contributed by atoms with E-state index in [4.69, 9.17) is 4.74 Å². The Balaban J connectivity index is 1.66. The molecule has 0 aliphatic rings. The molecule has 1 aromatic heterocycles. The Bertz CT molecular complexity index is 1190. The Labute approximate surface area is 166 Å². The number of ketones is 1. The molecule has 7 nitrogen and oxygen atoms in total. The summed E-state index contributed by atoms with van der Waals surface area (Å²) in [5.41, 5.74) is 1.83. The Morgan fingerprint density at radius 3 is 2.52 bits per heavy atom. The average molecular weight is 418 g/mol. The van der Waals surface area contributed by atoms with Crippen LogP contribution in [0.1, 0.15) is 23.0 Å². The molecular weight excluding hydrogens is 399 g/mol. The summed E-state index contributed by atoms with van der Waals surface area (Å²) in [6, 6.07) is 10.7. The van der Waals surface area contributed by atoms with Gasteiger partial charge in [-0.25, -0.2) is 12.8 Å². The van der Waals surface area contributed by atoms with Gasteiger partial charge in [0.05, 0.1) is 0 Å². The topological polar surface area (TPSA) is 105 Å². The summed E-state index contributed by atoms with van der Waals surface area (Å²) in [5, 5.41) is 0.708. The summed E-state index contributed by atoms with van der Waals surface area (Å²) >= 11 is 0. The van der Waals surface area contributed by atoms with Crippen LogP contribution < -0.4 is 4.72 Å². The monoisotopic (exact) mass is 418 g/mol. The van der Waals surface area contributed by atoms with E-state index in [0.29, 0.717) is 16.6 Å². The Hall–Kier alpha value is -3.04. The first kappa shape index (κ1) is 20.7. The second kappa shape index (κ2) is 8.14. The van der Waals surface area contributed by atoms with Gasteiger partial charge in [0.15, 0.2) is 6.61 Å². The number of ether oxygens (including phenoxy) is 1. The van der Waals surface area contributed by atoms with Crippen molar-refractivity contribution in [3.8, 4) is 0 Å². The third-order valence-corrected chi connectivity index (χ3v) is 5.90. The van der Waals surface area contributed by atoms with Gasteiger partial charge >= 0.3 is 5.97 Å². The Morgan fingerprint density at radius 2 is 1.79 bits per heavy atom. The van der Waals surface area contributed by atoms with Gasteiger partial charge in [-0.2, -0.15) is 4.72 Å². The van der Waals surface area contributed by atoms with Crippen LogP contribution in [0.2, 0.25) is 0 Å². The summed E-state index contributed by atoms with van der Waals surface area (Å²) < 4.78 is 45.3. The molecule has 1 atom stereocenters. The lowest BCUT2D eigenvalue weighted by molar-refractivity contribution is -0.144. The van der Waals surface area contributed by atoms with Gasteiger partial charge in [-0.3, -0.25) is 9.59 Å². The first-order valence-corrected chi connectivity index (χ1v) is 10.2. The number of esters is 1. The van der Waals surface area contributed by atoms with E-state index in [-0.39, 0.29) is 0 Å². The molecule has 2 aromatic carbocycles. The van der Waals surface area contributed by atoms with Gasteiger partial charge in [0.25, 0.3) is 0 Å². The Kier molecular flexibility index (Phi) is 5.81. The summed E-state index contributed by atoms with van der Waals surface area (Å²) in [7, 11) is -4.27. The molecule has 0 fully saturated rings. The van der Waals surface area contributed by atoms with Crippen LogP contribution in [-0.4, -0.2) is 37.8 Å². The number of sulfonamides is 1. The molecule has 0 bridgehead atoms. The third-order valence-electron chi connectivity index (χ3n) is 4.33. The quantitative estimate of drug-likeness (QED) is 0.453.